The zero-order valence-corrected chi connectivity index (χ0v) is 21.8. The molecule has 12 N–H and O–H groups in total. The van der Waals surface area contributed by atoms with E-state index >= 15 is 0 Å². The molecule has 13 nitrogen and oxygen atoms in total. The number of unbranched alkanes of at least 4 members (excludes halogenated alkanes) is 2. The van der Waals surface area contributed by atoms with E-state index in [1.165, 1.54) is 19.1 Å². The van der Waals surface area contributed by atoms with Gasteiger partial charge in [-0.2, -0.15) is 0 Å². The molecule has 3 amide bonds. The van der Waals surface area contributed by atoms with Gasteiger partial charge in [-0.3, -0.25) is 14.4 Å². The van der Waals surface area contributed by atoms with Crippen LogP contribution in [0.5, 0.6) is 5.75 Å². The van der Waals surface area contributed by atoms with Gasteiger partial charge in [0, 0.05) is 6.42 Å². The Bertz CT molecular complexity index is 897. The van der Waals surface area contributed by atoms with E-state index in [1.807, 2.05) is 0 Å². The van der Waals surface area contributed by atoms with E-state index in [2.05, 4.69) is 16.0 Å². The summed E-state index contributed by atoms with van der Waals surface area (Å²) in [6, 6.07) is 1.35. The van der Waals surface area contributed by atoms with E-state index in [0.29, 0.717) is 50.8 Å². The Morgan fingerprint density at radius 3 is 1.87 bits per heavy atom. The number of phenols is 1. The minimum atomic E-state index is -1.57. The van der Waals surface area contributed by atoms with E-state index in [0.717, 1.165) is 0 Å². The number of hydrogen-bond donors (Lipinski definition) is 9. The fraction of sp³-hybridized carbons (Fsp3) is 0.600. The molecule has 0 saturated heterocycles. The van der Waals surface area contributed by atoms with E-state index < -0.39 is 54.0 Å². The zero-order valence-electron chi connectivity index (χ0n) is 21.8. The first-order valence-electron chi connectivity index (χ1n) is 12.8. The van der Waals surface area contributed by atoms with Gasteiger partial charge >= 0.3 is 5.97 Å². The standard InChI is InChI=1S/C25H42N6O7/c1-15(32)21(25(37)38)31-23(35)19(7-3-5-13-27)29-24(36)20(14-16-8-10-17(33)11-9-16)30-22(34)18(28)6-2-4-12-26/h8-11,15,18-21,32-33H,2-7,12-14,26-28H2,1H3,(H,29,36)(H,30,34)(H,31,35)(H,37,38). The summed E-state index contributed by atoms with van der Waals surface area (Å²) < 4.78 is 0. The predicted molar refractivity (Wildman–Crippen MR) is 141 cm³/mol. The normalized spacial score (nSPS) is 15.0. The third kappa shape index (κ3) is 11.9. The summed E-state index contributed by atoms with van der Waals surface area (Å²) in [5.74, 6) is -3.43. The smallest absolute Gasteiger partial charge is 0.328 e. The zero-order chi connectivity index (χ0) is 28.7. The maximum Gasteiger partial charge on any atom is 0.328 e. The highest BCUT2D eigenvalue weighted by molar-refractivity contribution is 5.94. The summed E-state index contributed by atoms with van der Waals surface area (Å²) in [6.45, 7) is 2.04. The molecule has 5 unspecified atom stereocenters. The van der Waals surface area contributed by atoms with Crippen molar-refractivity contribution >= 4 is 23.7 Å². The molecular formula is C25H42N6O7. The van der Waals surface area contributed by atoms with Gasteiger partial charge in [-0.1, -0.05) is 18.6 Å². The van der Waals surface area contributed by atoms with Crippen LogP contribution in [0.1, 0.15) is 51.0 Å². The fourth-order valence-corrected chi connectivity index (χ4v) is 3.67. The maximum absolute atomic E-state index is 13.3. The number of aliphatic hydroxyl groups is 1. The number of carboxylic acid groups (broad SMARTS) is 1. The number of benzene rings is 1. The number of phenolic OH excluding ortho intramolecular Hbond substituents is 1. The molecule has 1 rings (SSSR count). The van der Waals surface area contributed by atoms with Gasteiger partial charge < -0.3 is 48.5 Å². The predicted octanol–water partition coefficient (Wildman–Crippen LogP) is -1.56. The molecule has 5 atom stereocenters. The fourth-order valence-electron chi connectivity index (χ4n) is 3.67. The summed E-state index contributed by atoms with van der Waals surface area (Å²) in [6.07, 6.45) is 1.54. The van der Waals surface area contributed by atoms with Crippen molar-refractivity contribution < 1.29 is 34.5 Å². The molecule has 214 valence electrons. The van der Waals surface area contributed by atoms with Crippen molar-refractivity contribution in [3.05, 3.63) is 29.8 Å². The van der Waals surface area contributed by atoms with E-state index in [9.17, 15) is 34.5 Å². The SMILES string of the molecule is CC(O)C(NC(=O)C(CCCCN)NC(=O)C(Cc1ccc(O)cc1)NC(=O)C(N)CCCCN)C(=O)O. The highest BCUT2D eigenvalue weighted by atomic mass is 16.4. The first kappa shape index (κ1) is 32.8. The van der Waals surface area contributed by atoms with Gasteiger partial charge in [-0.05, 0) is 69.8 Å². The number of carboxylic acids is 1. The van der Waals surface area contributed by atoms with Crippen molar-refractivity contribution in [3.63, 3.8) is 0 Å². The van der Waals surface area contributed by atoms with Gasteiger partial charge in [-0.25, -0.2) is 4.79 Å². The van der Waals surface area contributed by atoms with Crippen LogP contribution in [-0.2, 0) is 25.6 Å². The average Bonchev–Trinajstić information content (AvgIpc) is 2.86. The highest BCUT2D eigenvalue weighted by Crippen LogP contribution is 2.12. The molecule has 0 fully saturated rings. The molecule has 13 heteroatoms. The minimum Gasteiger partial charge on any atom is -0.508 e. The molecule has 1 aromatic carbocycles. The Morgan fingerprint density at radius 1 is 0.816 bits per heavy atom. The van der Waals surface area contributed by atoms with Crippen LogP contribution in [0, 0.1) is 0 Å². The first-order valence-corrected chi connectivity index (χ1v) is 12.8. The lowest BCUT2D eigenvalue weighted by atomic mass is 10.0. The van der Waals surface area contributed by atoms with Gasteiger partial charge in [-0.15, -0.1) is 0 Å². The van der Waals surface area contributed by atoms with Crippen LogP contribution < -0.4 is 33.2 Å². The lowest BCUT2D eigenvalue weighted by Gasteiger charge is -2.26. The van der Waals surface area contributed by atoms with Gasteiger partial charge in [0.25, 0.3) is 0 Å². The lowest BCUT2D eigenvalue weighted by Crippen LogP contribution is -2.58. The monoisotopic (exact) mass is 538 g/mol. The van der Waals surface area contributed by atoms with Crippen LogP contribution >= 0.6 is 0 Å². The number of aromatic hydroxyl groups is 1. The third-order valence-electron chi connectivity index (χ3n) is 5.94. The molecule has 38 heavy (non-hydrogen) atoms. The molecule has 0 radical (unpaired) electrons. The summed E-state index contributed by atoms with van der Waals surface area (Å²) in [7, 11) is 0. The van der Waals surface area contributed by atoms with Crippen LogP contribution in [0.2, 0.25) is 0 Å². The molecule has 0 saturated carbocycles. The molecule has 0 spiro atoms. The van der Waals surface area contributed by atoms with Crippen LogP contribution in [-0.4, -0.2) is 82.4 Å². The molecule has 1 aromatic rings. The molecule has 0 aliphatic carbocycles. The number of rotatable bonds is 18. The van der Waals surface area contributed by atoms with Gasteiger partial charge in [0.2, 0.25) is 17.7 Å². The van der Waals surface area contributed by atoms with Gasteiger partial charge in [0.15, 0.2) is 6.04 Å². The second kappa shape index (κ2) is 17.3. The Balaban J connectivity index is 3.10. The van der Waals surface area contributed by atoms with Crippen LogP contribution in [0.4, 0.5) is 0 Å². The number of amides is 3. The second-order valence-electron chi connectivity index (χ2n) is 9.23. The van der Waals surface area contributed by atoms with Crippen molar-refractivity contribution in [2.24, 2.45) is 17.2 Å². The molecule has 0 aliphatic rings. The first-order chi connectivity index (χ1) is 18.0. The summed E-state index contributed by atoms with van der Waals surface area (Å²) in [5.41, 5.74) is 17.6. The lowest BCUT2D eigenvalue weighted by molar-refractivity contribution is -0.145. The number of hydrogen-bond acceptors (Lipinski definition) is 9. The Labute approximate surface area is 222 Å². The summed E-state index contributed by atoms with van der Waals surface area (Å²) in [5, 5.41) is 36.1. The Hall–Kier alpha value is -3.26. The maximum atomic E-state index is 13.3. The molecule has 0 aliphatic heterocycles. The number of nitrogens with two attached hydrogens (primary N) is 3. The van der Waals surface area contributed by atoms with E-state index in [-0.39, 0.29) is 18.6 Å². The molecule has 0 bridgehead atoms. The molecule has 0 aromatic heterocycles. The van der Waals surface area contributed by atoms with E-state index in [4.69, 9.17) is 17.2 Å². The summed E-state index contributed by atoms with van der Waals surface area (Å²) >= 11 is 0. The number of aliphatic carboxylic acids is 1. The van der Waals surface area contributed by atoms with Crippen molar-refractivity contribution in [2.75, 3.05) is 13.1 Å². The number of nitrogens with one attached hydrogen (secondary N) is 3. The molecular weight excluding hydrogens is 496 g/mol. The number of aliphatic hydroxyl groups excluding tert-OH is 1. The van der Waals surface area contributed by atoms with Crippen LogP contribution in [0.15, 0.2) is 24.3 Å². The summed E-state index contributed by atoms with van der Waals surface area (Å²) in [4.78, 5) is 50.4. The Morgan fingerprint density at radius 2 is 1.34 bits per heavy atom. The minimum absolute atomic E-state index is 0.0310. The number of carbonyl (C=O) groups excluding carboxylic acids is 3. The van der Waals surface area contributed by atoms with Crippen LogP contribution in [0.25, 0.3) is 0 Å². The highest BCUT2D eigenvalue weighted by Gasteiger charge is 2.31. The second-order valence-corrected chi connectivity index (χ2v) is 9.23. The van der Waals surface area contributed by atoms with Crippen LogP contribution in [0.3, 0.4) is 0 Å². The van der Waals surface area contributed by atoms with Crippen molar-refractivity contribution in [1.29, 1.82) is 0 Å². The topological polar surface area (TPSA) is 243 Å². The Kier molecular flexibility index (Phi) is 14.9. The third-order valence-corrected chi connectivity index (χ3v) is 5.94. The van der Waals surface area contributed by atoms with Crippen molar-refractivity contribution in [2.45, 2.75) is 82.1 Å². The number of carbonyl (C=O) groups is 4. The average molecular weight is 539 g/mol. The largest absolute Gasteiger partial charge is 0.508 e. The van der Waals surface area contributed by atoms with Gasteiger partial charge in [0.1, 0.15) is 17.8 Å². The van der Waals surface area contributed by atoms with Crippen molar-refractivity contribution in [1.82, 2.24) is 16.0 Å². The van der Waals surface area contributed by atoms with E-state index in [1.54, 1.807) is 12.1 Å². The molecule has 0 heterocycles. The quantitative estimate of drug-likeness (QED) is 0.0973. The van der Waals surface area contributed by atoms with Gasteiger partial charge in [0.05, 0.1) is 12.1 Å². The van der Waals surface area contributed by atoms with Crippen molar-refractivity contribution in [3.8, 4) is 5.75 Å².